The predicted molar refractivity (Wildman–Crippen MR) is 106 cm³/mol. The number of piperidine rings is 1. The maximum atomic E-state index is 13.1. The lowest BCUT2D eigenvalue weighted by molar-refractivity contribution is -0.251. The number of hydrogen-bond acceptors (Lipinski definition) is 7. The van der Waals surface area contributed by atoms with Crippen LogP contribution in [0.3, 0.4) is 0 Å². The molecular formula is C21H25F3N4O4. The lowest BCUT2D eigenvalue weighted by Crippen LogP contribution is -2.58. The van der Waals surface area contributed by atoms with Gasteiger partial charge in [-0.2, -0.15) is 13.2 Å². The molecule has 32 heavy (non-hydrogen) atoms. The lowest BCUT2D eigenvalue weighted by atomic mass is 9.74. The van der Waals surface area contributed by atoms with E-state index in [1.165, 1.54) is 7.11 Å². The Morgan fingerprint density at radius 3 is 2.56 bits per heavy atom. The fourth-order valence-corrected chi connectivity index (χ4v) is 4.63. The van der Waals surface area contributed by atoms with Gasteiger partial charge in [0.1, 0.15) is 0 Å². The van der Waals surface area contributed by atoms with Gasteiger partial charge >= 0.3 is 6.18 Å². The third-order valence-corrected chi connectivity index (χ3v) is 6.70. The topological polar surface area (TPSA) is 102 Å². The zero-order chi connectivity index (χ0) is 23.3. The molecular weight excluding hydrogens is 429 g/mol. The second-order valence-electron chi connectivity index (χ2n) is 8.85. The van der Waals surface area contributed by atoms with E-state index in [2.05, 4.69) is 15.2 Å². The van der Waals surface area contributed by atoms with Gasteiger partial charge in [0.25, 0.3) is 5.91 Å². The largest absolute Gasteiger partial charge is 0.481 e. The Labute approximate surface area is 182 Å². The zero-order valence-corrected chi connectivity index (χ0v) is 18.0. The number of methoxy groups -OCH3 is 1. The molecule has 8 nitrogen and oxygen atoms in total. The summed E-state index contributed by atoms with van der Waals surface area (Å²) < 4.78 is 50.3. The summed E-state index contributed by atoms with van der Waals surface area (Å²) in [7, 11) is 1.52. The van der Waals surface area contributed by atoms with E-state index in [9.17, 15) is 23.1 Å². The Kier molecular flexibility index (Phi) is 5.43. The highest BCUT2D eigenvalue weighted by molar-refractivity contribution is 5.85. The molecule has 2 fully saturated rings. The first-order chi connectivity index (χ1) is 15.0. The van der Waals surface area contributed by atoms with E-state index in [0.717, 1.165) is 17.7 Å². The number of rotatable bonds is 5. The van der Waals surface area contributed by atoms with Crippen LogP contribution in [0.25, 0.3) is 11.5 Å². The smallest absolute Gasteiger partial charge is 0.426 e. The molecule has 1 saturated carbocycles. The summed E-state index contributed by atoms with van der Waals surface area (Å²) in [5.41, 5.74) is -3.08. The molecule has 174 valence electrons. The average Bonchev–Trinajstić information content (AvgIpc) is 3.40. The van der Waals surface area contributed by atoms with E-state index >= 15 is 0 Å². The fraction of sp³-hybridized carbons (Fsp3) is 0.619. The van der Waals surface area contributed by atoms with Gasteiger partial charge in [-0.15, -0.1) is 10.2 Å². The van der Waals surface area contributed by atoms with Gasteiger partial charge in [0, 0.05) is 25.4 Å². The molecule has 3 heterocycles. The summed E-state index contributed by atoms with van der Waals surface area (Å²) >= 11 is 0. The summed E-state index contributed by atoms with van der Waals surface area (Å²) in [6, 6.07) is 3.46. The van der Waals surface area contributed by atoms with Crippen molar-refractivity contribution in [1.29, 1.82) is 0 Å². The molecule has 4 rings (SSSR count). The molecule has 1 saturated heterocycles. The minimum Gasteiger partial charge on any atom is -0.481 e. The van der Waals surface area contributed by atoms with Gasteiger partial charge in [0.15, 0.2) is 0 Å². The molecule has 1 amide bonds. The Bertz CT molecular complexity index is 986. The van der Waals surface area contributed by atoms with Gasteiger partial charge in [0.2, 0.25) is 23.3 Å². The van der Waals surface area contributed by atoms with Crippen LogP contribution < -0.4 is 4.74 Å². The molecule has 0 spiro atoms. The fourth-order valence-electron chi connectivity index (χ4n) is 4.63. The van der Waals surface area contributed by atoms with Crippen LogP contribution in [0.2, 0.25) is 0 Å². The lowest BCUT2D eigenvalue weighted by Gasteiger charge is -2.42. The van der Waals surface area contributed by atoms with Crippen LogP contribution in [0, 0.1) is 11.8 Å². The minimum absolute atomic E-state index is 0.0738. The Morgan fingerprint density at radius 2 is 2.03 bits per heavy atom. The van der Waals surface area contributed by atoms with Gasteiger partial charge in [-0.05, 0) is 44.1 Å². The van der Waals surface area contributed by atoms with E-state index in [-0.39, 0.29) is 30.3 Å². The number of halogens is 3. The summed E-state index contributed by atoms with van der Waals surface area (Å²) in [4.78, 5) is 17.6. The van der Waals surface area contributed by atoms with Crippen molar-refractivity contribution in [3.05, 3.63) is 24.2 Å². The summed E-state index contributed by atoms with van der Waals surface area (Å²) in [5, 5.41) is 18.2. The van der Waals surface area contributed by atoms with E-state index in [1.807, 2.05) is 6.92 Å². The van der Waals surface area contributed by atoms with E-state index < -0.39 is 17.7 Å². The normalized spacial score (nSPS) is 24.7. The molecule has 0 bridgehead atoms. The van der Waals surface area contributed by atoms with Crippen LogP contribution in [-0.4, -0.2) is 63.1 Å². The van der Waals surface area contributed by atoms with Crippen molar-refractivity contribution in [2.75, 3.05) is 20.2 Å². The third-order valence-electron chi connectivity index (χ3n) is 6.70. The van der Waals surface area contributed by atoms with Crippen molar-refractivity contribution >= 4 is 5.91 Å². The SMILES string of the molecule is COc1ccc(-c2nnc(C3(C4CCN(C(=O)C(C)(O)C(F)(F)F)CC4C)CC3)o2)cn1. The number of hydrogen-bond donors (Lipinski definition) is 1. The molecule has 1 aliphatic carbocycles. The van der Waals surface area contributed by atoms with Crippen LogP contribution in [0.5, 0.6) is 5.88 Å². The van der Waals surface area contributed by atoms with Gasteiger partial charge in [-0.3, -0.25) is 4.79 Å². The molecule has 2 aromatic rings. The monoisotopic (exact) mass is 454 g/mol. The number of amides is 1. The van der Waals surface area contributed by atoms with E-state index in [0.29, 0.717) is 36.6 Å². The highest BCUT2D eigenvalue weighted by Gasteiger charge is 2.60. The van der Waals surface area contributed by atoms with Crippen LogP contribution in [0.1, 0.15) is 39.0 Å². The molecule has 0 radical (unpaired) electrons. The maximum absolute atomic E-state index is 13.1. The number of alkyl halides is 3. The van der Waals surface area contributed by atoms with E-state index in [4.69, 9.17) is 9.15 Å². The molecule has 3 unspecified atom stereocenters. The van der Waals surface area contributed by atoms with Gasteiger partial charge in [0.05, 0.1) is 18.1 Å². The summed E-state index contributed by atoms with van der Waals surface area (Å²) in [6.07, 6.45) is -1.30. The maximum Gasteiger partial charge on any atom is 0.426 e. The number of carbonyl (C=O) groups is 1. The third kappa shape index (κ3) is 3.72. The molecule has 2 aliphatic rings. The molecule has 0 aromatic carbocycles. The van der Waals surface area contributed by atoms with Crippen molar-refractivity contribution in [1.82, 2.24) is 20.1 Å². The number of pyridine rings is 1. The average molecular weight is 454 g/mol. The molecule has 3 atom stereocenters. The number of likely N-dealkylation sites (tertiary alicyclic amines) is 1. The van der Waals surface area contributed by atoms with E-state index in [1.54, 1.807) is 18.3 Å². The first kappa shape index (κ1) is 22.5. The van der Waals surface area contributed by atoms with Gasteiger partial charge in [-0.1, -0.05) is 6.92 Å². The number of nitrogens with zero attached hydrogens (tertiary/aromatic N) is 4. The van der Waals surface area contributed by atoms with Crippen molar-refractivity contribution in [3.63, 3.8) is 0 Å². The van der Waals surface area contributed by atoms with Crippen LogP contribution in [0.15, 0.2) is 22.7 Å². The number of aliphatic hydroxyl groups is 1. The highest BCUT2D eigenvalue weighted by Crippen LogP contribution is 2.58. The zero-order valence-electron chi connectivity index (χ0n) is 18.0. The van der Waals surface area contributed by atoms with Crippen LogP contribution >= 0.6 is 0 Å². The minimum atomic E-state index is -5.03. The van der Waals surface area contributed by atoms with Crippen molar-refractivity contribution in [2.45, 2.75) is 50.3 Å². The van der Waals surface area contributed by atoms with Crippen LogP contribution in [0.4, 0.5) is 13.2 Å². The highest BCUT2D eigenvalue weighted by atomic mass is 19.4. The standard InChI is InChI=1S/C21H25F3N4O4/c1-12-11-28(18(29)19(2,30)21(22,23)24)9-6-14(12)20(7-8-20)17-27-26-16(32-17)13-4-5-15(31-3)25-10-13/h4-5,10,12,14,30H,6-9,11H2,1-3H3. The number of aromatic nitrogens is 3. The van der Waals surface area contributed by atoms with Gasteiger partial charge < -0.3 is 19.2 Å². The van der Waals surface area contributed by atoms with Crippen molar-refractivity contribution in [3.8, 4) is 17.3 Å². The molecule has 1 N–H and O–H groups in total. The molecule has 2 aromatic heterocycles. The van der Waals surface area contributed by atoms with Gasteiger partial charge in [-0.25, -0.2) is 4.98 Å². The van der Waals surface area contributed by atoms with Crippen LogP contribution in [-0.2, 0) is 10.2 Å². The Hall–Kier alpha value is -2.69. The Morgan fingerprint density at radius 1 is 1.31 bits per heavy atom. The number of carbonyl (C=O) groups excluding carboxylic acids is 1. The van der Waals surface area contributed by atoms with Crippen molar-refractivity contribution in [2.24, 2.45) is 11.8 Å². The second kappa shape index (κ2) is 7.72. The summed E-state index contributed by atoms with van der Waals surface area (Å²) in [6.45, 7) is 2.66. The first-order valence-corrected chi connectivity index (χ1v) is 10.4. The predicted octanol–water partition coefficient (Wildman–Crippen LogP) is 2.97. The number of ether oxygens (including phenoxy) is 1. The Balaban J connectivity index is 1.48. The first-order valence-electron chi connectivity index (χ1n) is 10.4. The summed E-state index contributed by atoms with van der Waals surface area (Å²) in [5.74, 6) is -0.0360. The molecule has 1 aliphatic heterocycles. The van der Waals surface area contributed by atoms with Crippen molar-refractivity contribution < 1.29 is 32.2 Å². The quantitative estimate of drug-likeness (QED) is 0.741. The second-order valence-corrected chi connectivity index (χ2v) is 8.85. The molecule has 11 heteroatoms.